The molecule has 0 saturated carbocycles. The van der Waals surface area contributed by atoms with Gasteiger partial charge in [0.25, 0.3) is 0 Å². The van der Waals surface area contributed by atoms with Crippen LogP contribution in [-0.2, 0) is 16.6 Å². The maximum atomic E-state index is 12.2. The second-order valence-electron chi connectivity index (χ2n) is 5.25. The van der Waals surface area contributed by atoms with E-state index in [9.17, 15) is 4.79 Å². The van der Waals surface area contributed by atoms with Crippen LogP contribution in [0.2, 0.25) is 5.15 Å². The van der Waals surface area contributed by atoms with E-state index in [4.69, 9.17) is 16.3 Å². The molecular formula is C14H20ClN3O2. The van der Waals surface area contributed by atoms with Crippen molar-refractivity contribution in [2.45, 2.75) is 33.0 Å². The minimum absolute atomic E-state index is 0.0219. The standard InChI is InChI=1S/C14H20ClN3O2/c1-9-7-18(8-10(2)20-9)13(19)6-5-12-11(3)16-17(4)14(12)15/h5-6,9-10H,7-8H2,1-4H3/b6-5+. The maximum absolute atomic E-state index is 12.2. The van der Waals surface area contributed by atoms with E-state index >= 15 is 0 Å². The van der Waals surface area contributed by atoms with Gasteiger partial charge in [0.15, 0.2) is 0 Å². The van der Waals surface area contributed by atoms with Gasteiger partial charge in [0.1, 0.15) is 5.15 Å². The summed E-state index contributed by atoms with van der Waals surface area (Å²) >= 11 is 6.13. The fourth-order valence-corrected chi connectivity index (χ4v) is 2.69. The van der Waals surface area contributed by atoms with Crippen molar-refractivity contribution >= 4 is 23.6 Å². The van der Waals surface area contributed by atoms with E-state index in [1.165, 1.54) is 0 Å². The number of aromatic nitrogens is 2. The third-order valence-corrected chi connectivity index (χ3v) is 3.77. The van der Waals surface area contributed by atoms with Crippen LogP contribution in [0.15, 0.2) is 6.08 Å². The topological polar surface area (TPSA) is 47.4 Å². The quantitative estimate of drug-likeness (QED) is 0.785. The number of nitrogens with zero attached hydrogens (tertiary/aromatic N) is 3. The number of carbonyl (C=O) groups excluding carboxylic acids is 1. The van der Waals surface area contributed by atoms with Gasteiger partial charge in [-0.3, -0.25) is 9.48 Å². The zero-order valence-electron chi connectivity index (χ0n) is 12.3. The van der Waals surface area contributed by atoms with Gasteiger partial charge in [-0.2, -0.15) is 5.10 Å². The van der Waals surface area contributed by atoms with Gasteiger partial charge in [0.05, 0.1) is 17.9 Å². The normalized spacial score (nSPS) is 23.6. The number of hydrogen-bond donors (Lipinski definition) is 0. The Bertz CT molecular complexity index is 529. The molecule has 0 spiro atoms. The van der Waals surface area contributed by atoms with Crippen molar-refractivity contribution in [1.29, 1.82) is 0 Å². The molecule has 20 heavy (non-hydrogen) atoms. The van der Waals surface area contributed by atoms with Crippen molar-refractivity contribution in [2.75, 3.05) is 13.1 Å². The summed E-state index contributed by atoms with van der Waals surface area (Å²) in [6.45, 7) is 7.05. The summed E-state index contributed by atoms with van der Waals surface area (Å²) in [6, 6.07) is 0. The fraction of sp³-hybridized carbons (Fsp3) is 0.571. The molecule has 1 fully saturated rings. The highest BCUT2D eigenvalue weighted by Crippen LogP contribution is 2.20. The van der Waals surface area contributed by atoms with Crippen molar-refractivity contribution in [3.05, 3.63) is 22.5 Å². The molecule has 1 saturated heterocycles. The highest BCUT2D eigenvalue weighted by molar-refractivity contribution is 6.31. The molecule has 1 amide bonds. The van der Waals surface area contributed by atoms with Gasteiger partial charge in [-0.15, -0.1) is 0 Å². The summed E-state index contributed by atoms with van der Waals surface area (Å²) in [5, 5.41) is 4.75. The molecule has 0 radical (unpaired) electrons. The van der Waals surface area contributed by atoms with Gasteiger partial charge in [-0.1, -0.05) is 11.6 Å². The van der Waals surface area contributed by atoms with Gasteiger partial charge in [-0.05, 0) is 26.8 Å². The predicted octanol–water partition coefficient (Wildman–Crippen LogP) is 2.03. The number of hydrogen-bond acceptors (Lipinski definition) is 3. The number of morpholine rings is 1. The molecule has 1 aromatic heterocycles. The lowest BCUT2D eigenvalue weighted by molar-refractivity contribution is -0.137. The molecule has 5 nitrogen and oxygen atoms in total. The minimum Gasteiger partial charge on any atom is -0.372 e. The number of aryl methyl sites for hydroxylation is 2. The van der Waals surface area contributed by atoms with Crippen LogP contribution < -0.4 is 0 Å². The van der Waals surface area contributed by atoms with Gasteiger partial charge in [0, 0.05) is 31.8 Å². The Labute approximate surface area is 124 Å². The first-order valence-electron chi connectivity index (χ1n) is 6.70. The van der Waals surface area contributed by atoms with E-state index in [-0.39, 0.29) is 18.1 Å². The first kappa shape index (κ1) is 15.1. The molecule has 1 aliphatic heterocycles. The average Bonchev–Trinajstić information content (AvgIpc) is 2.60. The molecule has 1 aromatic rings. The predicted molar refractivity (Wildman–Crippen MR) is 78.6 cm³/mol. The largest absolute Gasteiger partial charge is 0.372 e. The van der Waals surface area contributed by atoms with Crippen LogP contribution in [0.3, 0.4) is 0 Å². The molecule has 2 rings (SSSR count). The molecule has 2 unspecified atom stereocenters. The summed E-state index contributed by atoms with van der Waals surface area (Å²) in [6.07, 6.45) is 3.43. The second-order valence-corrected chi connectivity index (χ2v) is 5.61. The van der Waals surface area contributed by atoms with E-state index in [1.54, 1.807) is 28.8 Å². The Hall–Kier alpha value is -1.33. The Morgan fingerprint density at radius 2 is 2.00 bits per heavy atom. The number of amides is 1. The molecular weight excluding hydrogens is 278 g/mol. The number of ether oxygens (including phenoxy) is 1. The summed E-state index contributed by atoms with van der Waals surface area (Å²) in [4.78, 5) is 14.0. The maximum Gasteiger partial charge on any atom is 0.246 e. The van der Waals surface area contributed by atoms with Crippen molar-refractivity contribution in [3.8, 4) is 0 Å². The van der Waals surface area contributed by atoms with Crippen LogP contribution in [0.5, 0.6) is 0 Å². The SMILES string of the molecule is Cc1nn(C)c(Cl)c1/C=C/C(=O)N1CC(C)OC(C)C1. The van der Waals surface area contributed by atoms with Crippen LogP contribution in [0, 0.1) is 6.92 Å². The van der Waals surface area contributed by atoms with Gasteiger partial charge >= 0.3 is 0 Å². The summed E-state index contributed by atoms with van der Waals surface area (Å²) < 4.78 is 7.22. The molecule has 0 aromatic carbocycles. The van der Waals surface area contributed by atoms with E-state index in [2.05, 4.69) is 5.10 Å². The summed E-state index contributed by atoms with van der Waals surface area (Å²) in [7, 11) is 1.78. The summed E-state index contributed by atoms with van der Waals surface area (Å²) in [5.41, 5.74) is 1.60. The molecule has 2 atom stereocenters. The lowest BCUT2D eigenvalue weighted by Crippen LogP contribution is -2.47. The minimum atomic E-state index is -0.0219. The van der Waals surface area contributed by atoms with E-state index in [0.29, 0.717) is 18.2 Å². The average molecular weight is 298 g/mol. The third-order valence-electron chi connectivity index (χ3n) is 3.32. The highest BCUT2D eigenvalue weighted by Gasteiger charge is 2.24. The third kappa shape index (κ3) is 3.22. The fourth-order valence-electron chi connectivity index (χ4n) is 2.45. The van der Waals surface area contributed by atoms with Crippen molar-refractivity contribution in [2.24, 2.45) is 7.05 Å². The van der Waals surface area contributed by atoms with Crippen LogP contribution in [-0.4, -0.2) is 45.9 Å². The van der Waals surface area contributed by atoms with E-state index < -0.39 is 0 Å². The van der Waals surface area contributed by atoms with E-state index in [0.717, 1.165) is 11.3 Å². The smallest absolute Gasteiger partial charge is 0.246 e. The lowest BCUT2D eigenvalue weighted by atomic mass is 10.2. The Kier molecular flexibility index (Phi) is 4.50. The van der Waals surface area contributed by atoms with Crippen molar-refractivity contribution in [3.63, 3.8) is 0 Å². The van der Waals surface area contributed by atoms with Crippen LogP contribution >= 0.6 is 11.6 Å². The van der Waals surface area contributed by atoms with Crippen LogP contribution in [0.25, 0.3) is 6.08 Å². The Balaban J connectivity index is 2.09. The van der Waals surface area contributed by atoms with Crippen molar-refractivity contribution in [1.82, 2.24) is 14.7 Å². The van der Waals surface area contributed by atoms with Crippen LogP contribution in [0.1, 0.15) is 25.1 Å². The second kappa shape index (κ2) is 5.97. The molecule has 6 heteroatoms. The number of carbonyl (C=O) groups is 1. The Morgan fingerprint density at radius 1 is 1.40 bits per heavy atom. The number of halogens is 1. The van der Waals surface area contributed by atoms with Gasteiger partial charge < -0.3 is 9.64 Å². The van der Waals surface area contributed by atoms with Crippen LogP contribution in [0.4, 0.5) is 0 Å². The first-order valence-corrected chi connectivity index (χ1v) is 7.07. The molecule has 1 aliphatic rings. The number of rotatable bonds is 2. The highest BCUT2D eigenvalue weighted by atomic mass is 35.5. The molecule has 0 N–H and O–H groups in total. The van der Waals surface area contributed by atoms with Gasteiger partial charge in [0.2, 0.25) is 5.91 Å². The van der Waals surface area contributed by atoms with E-state index in [1.807, 2.05) is 20.8 Å². The Morgan fingerprint density at radius 3 is 2.50 bits per heavy atom. The lowest BCUT2D eigenvalue weighted by Gasteiger charge is -2.34. The molecule has 2 heterocycles. The first-order chi connectivity index (χ1) is 9.38. The zero-order chi connectivity index (χ0) is 14.9. The van der Waals surface area contributed by atoms with Crippen molar-refractivity contribution < 1.29 is 9.53 Å². The molecule has 0 bridgehead atoms. The van der Waals surface area contributed by atoms with Gasteiger partial charge in [-0.25, -0.2) is 0 Å². The molecule has 110 valence electrons. The molecule has 0 aliphatic carbocycles. The zero-order valence-corrected chi connectivity index (χ0v) is 13.0. The summed E-state index contributed by atoms with van der Waals surface area (Å²) in [5.74, 6) is -0.0219. The monoisotopic (exact) mass is 297 g/mol.